The number of benzene rings is 1. The SMILES string of the molecule is COc1ccc(Oc2nc(C)ccc2CN)c(Br)c1. The highest BCUT2D eigenvalue weighted by atomic mass is 79.9. The zero-order valence-corrected chi connectivity index (χ0v) is 12.4. The summed E-state index contributed by atoms with van der Waals surface area (Å²) in [5, 5.41) is 0. The molecule has 0 aliphatic heterocycles. The summed E-state index contributed by atoms with van der Waals surface area (Å²) in [6.45, 7) is 2.30. The predicted molar refractivity (Wildman–Crippen MR) is 77.6 cm³/mol. The van der Waals surface area contributed by atoms with E-state index in [4.69, 9.17) is 15.2 Å². The highest BCUT2D eigenvalue weighted by Gasteiger charge is 2.09. The van der Waals surface area contributed by atoms with Gasteiger partial charge in [-0.3, -0.25) is 0 Å². The standard InChI is InChI=1S/C14H15BrN2O2/c1-9-3-4-10(8-16)14(17-9)19-13-6-5-11(18-2)7-12(13)15/h3-7H,8,16H2,1-2H3. The van der Waals surface area contributed by atoms with Crippen LogP contribution in [0.3, 0.4) is 0 Å². The molecule has 100 valence electrons. The molecule has 0 radical (unpaired) electrons. The van der Waals surface area contributed by atoms with Gasteiger partial charge in [-0.05, 0) is 47.1 Å². The van der Waals surface area contributed by atoms with Crippen LogP contribution in [0.5, 0.6) is 17.4 Å². The Labute approximate surface area is 120 Å². The van der Waals surface area contributed by atoms with E-state index in [1.54, 1.807) is 7.11 Å². The molecule has 0 atom stereocenters. The van der Waals surface area contributed by atoms with Gasteiger partial charge >= 0.3 is 0 Å². The van der Waals surface area contributed by atoms with Gasteiger partial charge in [-0.1, -0.05) is 6.07 Å². The Kier molecular flexibility index (Phi) is 4.39. The summed E-state index contributed by atoms with van der Waals surface area (Å²) in [6, 6.07) is 9.34. The van der Waals surface area contributed by atoms with Crippen molar-refractivity contribution in [3.63, 3.8) is 0 Å². The minimum absolute atomic E-state index is 0.385. The molecule has 19 heavy (non-hydrogen) atoms. The number of halogens is 1. The second kappa shape index (κ2) is 6.04. The third-order valence-electron chi connectivity index (χ3n) is 2.64. The van der Waals surface area contributed by atoms with Gasteiger partial charge in [0.25, 0.3) is 0 Å². The van der Waals surface area contributed by atoms with E-state index in [9.17, 15) is 0 Å². The minimum atomic E-state index is 0.385. The van der Waals surface area contributed by atoms with Crippen molar-refractivity contribution in [1.29, 1.82) is 0 Å². The molecule has 0 aliphatic carbocycles. The monoisotopic (exact) mass is 322 g/mol. The summed E-state index contributed by atoms with van der Waals surface area (Å²) in [7, 11) is 1.62. The van der Waals surface area contributed by atoms with Gasteiger partial charge in [-0.25, -0.2) is 4.98 Å². The van der Waals surface area contributed by atoms with Gasteiger partial charge in [-0.2, -0.15) is 0 Å². The van der Waals surface area contributed by atoms with Gasteiger partial charge < -0.3 is 15.2 Å². The van der Waals surface area contributed by atoms with Crippen LogP contribution in [0.15, 0.2) is 34.8 Å². The summed E-state index contributed by atoms with van der Waals surface area (Å²) in [4.78, 5) is 4.37. The maximum atomic E-state index is 5.82. The first kappa shape index (κ1) is 13.8. The van der Waals surface area contributed by atoms with Crippen LogP contribution in [-0.4, -0.2) is 12.1 Å². The van der Waals surface area contributed by atoms with E-state index in [2.05, 4.69) is 20.9 Å². The van der Waals surface area contributed by atoms with Crippen molar-refractivity contribution in [3.05, 3.63) is 46.1 Å². The van der Waals surface area contributed by atoms with Crippen LogP contribution in [0.2, 0.25) is 0 Å². The molecule has 0 saturated heterocycles. The number of nitrogens with zero attached hydrogens (tertiary/aromatic N) is 1. The fourth-order valence-corrected chi connectivity index (χ4v) is 2.04. The van der Waals surface area contributed by atoms with Gasteiger partial charge in [-0.15, -0.1) is 0 Å². The molecule has 1 aromatic carbocycles. The molecule has 2 rings (SSSR count). The molecular weight excluding hydrogens is 308 g/mol. The number of hydrogen-bond donors (Lipinski definition) is 1. The van der Waals surface area contributed by atoms with E-state index in [0.717, 1.165) is 21.5 Å². The fraction of sp³-hybridized carbons (Fsp3) is 0.214. The molecule has 4 nitrogen and oxygen atoms in total. The minimum Gasteiger partial charge on any atom is -0.497 e. The van der Waals surface area contributed by atoms with Crippen molar-refractivity contribution in [2.24, 2.45) is 5.73 Å². The third-order valence-corrected chi connectivity index (χ3v) is 3.26. The Balaban J connectivity index is 2.33. The van der Waals surface area contributed by atoms with Crippen LogP contribution < -0.4 is 15.2 Å². The molecule has 1 aromatic heterocycles. The summed E-state index contributed by atoms with van der Waals surface area (Å²) < 4.78 is 11.8. The zero-order chi connectivity index (χ0) is 13.8. The second-order valence-corrected chi connectivity index (χ2v) is 4.87. The number of methoxy groups -OCH3 is 1. The van der Waals surface area contributed by atoms with Crippen LogP contribution in [-0.2, 0) is 6.54 Å². The first-order valence-corrected chi connectivity index (χ1v) is 6.61. The Bertz CT molecular complexity index is 588. The van der Waals surface area contributed by atoms with Crippen LogP contribution in [0.1, 0.15) is 11.3 Å². The van der Waals surface area contributed by atoms with Gasteiger partial charge in [0, 0.05) is 17.8 Å². The smallest absolute Gasteiger partial charge is 0.224 e. The van der Waals surface area contributed by atoms with Crippen molar-refractivity contribution in [2.75, 3.05) is 7.11 Å². The van der Waals surface area contributed by atoms with Gasteiger partial charge in [0.2, 0.25) is 5.88 Å². The van der Waals surface area contributed by atoms with Crippen molar-refractivity contribution in [2.45, 2.75) is 13.5 Å². The van der Waals surface area contributed by atoms with E-state index in [-0.39, 0.29) is 0 Å². The van der Waals surface area contributed by atoms with E-state index in [1.165, 1.54) is 0 Å². The molecule has 2 aromatic rings. The fourth-order valence-electron chi connectivity index (χ4n) is 1.60. The van der Waals surface area contributed by atoms with E-state index in [0.29, 0.717) is 18.2 Å². The molecule has 5 heteroatoms. The number of aromatic nitrogens is 1. The molecule has 0 aliphatic rings. The van der Waals surface area contributed by atoms with Crippen LogP contribution >= 0.6 is 15.9 Å². The highest BCUT2D eigenvalue weighted by Crippen LogP contribution is 2.33. The molecule has 1 heterocycles. The average Bonchev–Trinajstić information content (AvgIpc) is 2.41. The Morgan fingerprint density at radius 3 is 2.68 bits per heavy atom. The highest BCUT2D eigenvalue weighted by molar-refractivity contribution is 9.10. The predicted octanol–water partition coefficient (Wildman–Crippen LogP) is 3.41. The third kappa shape index (κ3) is 3.24. The summed E-state index contributed by atoms with van der Waals surface area (Å²) in [5.74, 6) is 1.97. The second-order valence-electron chi connectivity index (χ2n) is 4.02. The number of hydrogen-bond acceptors (Lipinski definition) is 4. The zero-order valence-electron chi connectivity index (χ0n) is 10.8. The number of rotatable bonds is 4. The molecule has 2 N–H and O–H groups in total. The van der Waals surface area contributed by atoms with E-state index < -0.39 is 0 Å². The maximum absolute atomic E-state index is 5.82. The molecule has 0 bridgehead atoms. The van der Waals surface area contributed by atoms with Crippen LogP contribution in [0.25, 0.3) is 0 Å². The molecule has 0 unspecified atom stereocenters. The Morgan fingerprint density at radius 1 is 1.26 bits per heavy atom. The van der Waals surface area contributed by atoms with E-state index in [1.807, 2.05) is 37.3 Å². The Morgan fingerprint density at radius 2 is 2.05 bits per heavy atom. The maximum Gasteiger partial charge on any atom is 0.224 e. The number of ether oxygens (including phenoxy) is 2. The van der Waals surface area contributed by atoms with E-state index >= 15 is 0 Å². The van der Waals surface area contributed by atoms with Crippen molar-refractivity contribution in [3.8, 4) is 17.4 Å². The van der Waals surface area contributed by atoms with Gasteiger partial charge in [0.1, 0.15) is 11.5 Å². The average molecular weight is 323 g/mol. The topological polar surface area (TPSA) is 57.4 Å². The lowest BCUT2D eigenvalue weighted by molar-refractivity contribution is 0.411. The lowest BCUT2D eigenvalue weighted by Crippen LogP contribution is -2.02. The van der Waals surface area contributed by atoms with Crippen LogP contribution in [0, 0.1) is 6.92 Å². The first-order valence-electron chi connectivity index (χ1n) is 5.82. The normalized spacial score (nSPS) is 10.3. The number of pyridine rings is 1. The summed E-state index contributed by atoms with van der Waals surface area (Å²) >= 11 is 3.45. The molecule has 0 fully saturated rings. The van der Waals surface area contributed by atoms with Crippen molar-refractivity contribution in [1.82, 2.24) is 4.98 Å². The van der Waals surface area contributed by atoms with Crippen molar-refractivity contribution >= 4 is 15.9 Å². The molecule has 0 spiro atoms. The first-order chi connectivity index (χ1) is 9.13. The lowest BCUT2D eigenvalue weighted by Gasteiger charge is -2.11. The van der Waals surface area contributed by atoms with Crippen molar-refractivity contribution < 1.29 is 9.47 Å². The lowest BCUT2D eigenvalue weighted by atomic mass is 10.2. The van der Waals surface area contributed by atoms with Gasteiger partial charge in [0.15, 0.2) is 0 Å². The number of aryl methyl sites for hydroxylation is 1. The molecule has 0 saturated carbocycles. The van der Waals surface area contributed by atoms with Gasteiger partial charge in [0.05, 0.1) is 11.6 Å². The summed E-state index contributed by atoms with van der Waals surface area (Å²) in [5.41, 5.74) is 7.44. The molecule has 0 amide bonds. The van der Waals surface area contributed by atoms with Crippen LogP contribution in [0.4, 0.5) is 0 Å². The Hall–Kier alpha value is -1.59. The summed E-state index contributed by atoms with van der Waals surface area (Å²) in [6.07, 6.45) is 0. The number of nitrogens with two attached hydrogens (primary N) is 1. The molecular formula is C14H15BrN2O2. The largest absolute Gasteiger partial charge is 0.497 e. The quantitative estimate of drug-likeness (QED) is 0.937.